The van der Waals surface area contributed by atoms with Gasteiger partial charge in [-0.15, -0.1) is 0 Å². The standard InChI is InChI=1S/C20H18N4O3S/c21-28(26,27)15-8-5-13(6-9-15)23-20(25)10-7-14-11-17-16-3-1-2-4-18(16)24-19(17)12-22-14/h1-6,8-9,11-12,24H,7,10H2,(H,23,25)(H2,21,26,27). The van der Waals surface area contributed by atoms with E-state index < -0.39 is 10.0 Å². The number of rotatable bonds is 5. The Morgan fingerprint density at radius 3 is 2.54 bits per heavy atom. The Balaban J connectivity index is 1.44. The van der Waals surface area contributed by atoms with Crippen LogP contribution in [0.5, 0.6) is 0 Å². The van der Waals surface area contributed by atoms with Crippen LogP contribution in [0.3, 0.4) is 0 Å². The van der Waals surface area contributed by atoms with Gasteiger partial charge in [0.15, 0.2) is 0 Å². The molecule has 4 N–H and O–H groups in total. The number of nitrogens with zero attached hydrogens (tertiary/aromatic N) is 1. The molecule has 1 amide bonds. The number of para-hydroxylation sites is 1. The summed E-state index contributed by atoms with van der Waals surface area (Å²) in [6.45, 7) is 0. The third-order valence-corrected chi connectivity index (χ3v) is 5.45. The molecule has 0 spiro atoms. The van der Waals surface area contributed by atoms with E-state index in [1.807, 2.05) is 24.3 Å². The third-order valence-electron chi connectivity index (χ3n) is 4.52. The molecule has 0 saturated carbocycles. The number of carbonyl (C=O) groups is 1. The molecule has 0 bridgehead atoms. The zero-order chi connectivity index (χ0) is 19.7. The number of fused-ring (bicyclic) bond motifs is 3. The van der Waals surface area contributed by atoms with Crippen molar-refractivity contribution in [3.8, 4) is 0 Å². The van der Waals surface area contributed by atoms with Crippen molar-refractivity contribution in [3.05, 3.63) is 66.5 Å². The number of aryl methyl sites for hydroxylation is 1. The van der Waals surface area contributed by atoms with Crippen LogP contribution in [0.25, 0.3) is 21.8 Å². The van der Waals surface area contributed by atoms with Crippen molar-refractivity contribution in [2.24, 2.45) is 5.14 Å². The molecule has 0 fully saturated rings. The van der Waals surface area contributed by atoms with Gasteiger partial charge in [-0.3, -0.25) is 9.78 Å². The predicted octanol–water partition coefficient (Wildman–Crippen LogP) is 2.93. The first-order chi connectivity index (χ1) is 13.4. The summed E-state index contributed by atoms with van der Waals surface area (Å²) in [6, 6.07) is 15.8. The first kappa shape index (κ1) is 18.1. The number of hydrogen-bond acceptors (Lipinski definition) is 4. The highest BCUT2D eigenvalue weighted by molar-refractivity contribution is 7.89. The molecule has 0 saturated heterocycles. The number of anilines is 1. The smallest absolute Gasteiger partial charge is 0.238 e. The van der Waals surface area contributed by atoms with E-state index in [0.29, 0.717) is 12.1 Å². The van der Waals surface area contributed by atoms with Crippen LogP contribution < -0.4 is 10.5 Å². The highest BCUT2D eigenvalue weighted by Gasteiger charge is 2.10. The number of nitrogens with two attached hydrogens (primary N) is 1. The lowest BCUT2D eigenvalue weighted by molar-refractivity contribution is -0.116. The molecule has 2 aromatic heterocycles. The SMILES string of the molecule is NS(=O)(=O)c1ccc(NC(=O)CCc2cc3c(cn2)[nH]c2ccccc23)cc1. The number of amides is 1. The Labute approximate surface area is 161 Å². The monoisotopic (exact) mass is 394 g/mol. The van der Waals surface area contributed by atoms with Gasteiger partial charge in [-0.2, -0.15) is 0 Å². The summed E-state index contributed by atoms with van der Waals surface area (Å²) in [5.74, 6) is -0.177. The summed E-state index contributed by atoms with van der Waals surface area (Å²) in [5, 5.41) is 10.0. The minimum atomic E-state index is -3.75. The van der Waals surface area contributed by atoms with Crippen LogP contribution in [0.4, 0.5) is 5.69 Å². The minimum Gasteiger partial charge on any atom is -0.353 e. The topological polar surface area (TPSA) is 118 Å². The fraction of sp³-hybridized carbons (Fsp3) is 0.100. The van der Waals surface area contributed by atoms with Crippen LogP contribution in [0.2, 0.25) is 0 Å². The van der Waals surface area contributed by atoms with Gasteiger partial charge in [0.1, 0.15) is 0 Å². The average molecular weight is 394 g/mol. The molecule has 0 atom stereocenters. The minimum absolute atomic E-state index is 0.00160. The molecule has 0 radical (unpaired) electrons. The fourth-order valence-corrected chi connectivity index (χ4v) is 3.64. The van der Waals surface area contributed by atoms with Crippen molar-refractivity contribution in [1.82, 2.24) is 9.97 Å². The number of H-pyrrole nitrogens is 1. The Hall–Kier alpha value is -3.23. The van der Waals surface area contributed by atoms with Crippen molar-refractivity contribution in [2.45, 2.75) is 17.7 Å². The number of nitrogens with one attached hydrogen (secondary N) is 2. The normalized spacial score (nSPS) is 11.8. The van der Waals surface area contributed by atoms with Gasteiger partial charge in [0.05, 0.1) is 16.6 Å². The summed E-state index contributed by atoms with van der Waals surface area (Å²) < 4.78 is 22.5. The predicted molar refractivity (Wildman–Crippen MR) is 108 cm³/mol. The molecule has 7 nitrogen and oxygen atoms in total. The maximum absolute atomic E-state index is 12.2. The number of hydrogen-bond donors (Lipinski definition) is 3. The quantitative estimate of drug-likeness (QED) is 0.482. The van der Waals surface area contributed by atoms with Crippen molar-refractivity contribution in [2.75, 3.05) is 5.32 Å². The fourth-order valence-electron chi connectivity index (χ4n) is 3.12. The number of primary sulfonamides is 1. The third kappa shape index (κ3) is 3.73. The lowest BCUT2D eigenvalue weighted by atomic mass is 10.1. The van der Waals surface area contributed by atoms with Crippen LogP contribution in [-0.4, -0.2) is 24.3 Å². The molecule has 0 unspecified atom stereocenters. The van der Waals surface area contributed by atoms with Gasteiger partial charge in [0, 0.05) is 34.1 Å². The van der Waals surface area contributed by atoms with Gasteiger partial charge in [0.2, 0.25) is 15.9 Å². The molecular formula is C20H18N4O3S. The highest BCUT2D eigenvalue weighted by atomic mass is 32.2. The first-order valence-electron chi connectivity index (χ1n) is 8.68. The molecule has 0 aliphatic rings. The second kappa shape index (κ2) is 7.06. The molecule has 2 heterocycles. The van der Waals surface area contributed by atoms with E-state index in [1.165, 1.54) is 24.3 Å². The number of aromatic amines is 1. The van der Waals surface area contributed by atoms with E-state index in [1.54, 1.807) is 6.20 Å². The second-order valence-corrected chi connectivity index (χ2v) is 8.07. The van der Waals surface area contributed by atoms with Gasteiger partial charge >= 0.3 is 0 Å². The van der Waals surface area contributed by atoms with Gasteiger partial charge in [-0.05, 0) is 42.8 Å². The summed E-state index contributed by atoms with van der Waals surface area (Å²) >= 11 is 0. The number of pyridine rings is 1. The van der Waals surface area contributed by atoms with E-state index in [9.17, 15) is 13.2 Å². The molecule has 4 rings (SSSR count). The Kier molecular flexibility index (Phi) is 4.58. The maximum Gasteiger partial charge on any atom is 0.238 e. The van der Waals surface area contributed by atoms with Crippen LogP contribution in [0.15, 0.2) is 65.7 Å². The van der Waals surface area contributed by atoms with E-state index in [0.717, 1.165) is 27.5 Å². The molecule has 8 heteroatoms. The number of benzene rings is 2. The lowest BCUT2D eigenvalue weighted by Crippen LogP contribution is -2.14. The Bertz CT molecular complexity index is 1280. The highest BCUT2D eigenvalue weighted by Crippen LogP contribution is 2.25. The van der Waals surface area contributed by atoms with Gasteiger partial charge in [-0.1, -0.05) is 18.2 Å². The summed E-state index contributed by atoms with van der Waals surface area (Å²) in [5.41, 5.74) is 3.36. The molecule has 0 aliphatic heterocycles. The average Bonchev–Trinajstić information content (AvgIpc) is 3.04. The molecule has 2 aromatic carbocycles. The van der Waals surface area contributed by atoms with Crippen molar-refractivity contribution in [3.63, 3.8) is 0 Å². The van der Waals surface area contributed by atoms with Gasteiger partial charge in [-0.25, -0.2) is 13.6 Å². The largest absolute Gasteiger partial charge is 0.353 e. The Morgan fingerprint density at radius 2 is 1.79 bits per heavy atom. The first-order valence-corrected chi connectivity index (χ1v) is 10.2. The van der Waals surface area contributed by atoms with Crippen LogP contribution in [0, 0.1) is 0 Å². The van der Waals surface area contributed by atoms with E-state index in [4.69, 9.17) is 5.14 Å². The van der Waals surface area contributed by atoms with Crippen LogP contribution in [0.1, 0.15) is 12.1 Å². The summed E-state index contributed by atoms with van der Waals surface area (Å²) in [7, 11) is -3.75. The molecule has 142 valence electrons. The van der Waals surface area contributed by atoms with Crippen LogP contribution in [-0.2, 0) is 21.2 Å². The Morgan fingerprint density at radius 1 is 1.04 bits per heavy atom. The van der Waals surface area contributed by atoms with Crippen molar-refractivity contribution < 1.29 is 13.2 Å². The number of sulfonamides is 1. The maximum atomic E-state index is 12.2. The number of aromatic nitrogens is 2. The summed E-state index contributed by atoms with van der Waals surface area (Å²) in [4.78, 5) is 20.0. The lowest BCUT2D eigenvalue weighted by Gasteiger charge is -2.06. The van der Waals surface area contributed by atoms with Crippen molar-refractivity contribution in [1.29, 1.82) is 0 Å². The van der Waals surface area contributed by atoms with Gasteiger partial charge in [0.25, 0.3) is 0 Å². The molecule has 4 aromatic rings. The van der Waals surface area contributed by atoms with Crippen molar-refractivity contribution >= 4 is 43.4 Å². The molecule has 0 aliphatic carbocycles. The van der Waals surface area contributed by atoms with Crippen LogP contribution >= 0.6 is 0 Å². The van der Waals surface area contributed by atoms with Gasteiger partial charge < -0.3 is 10.3 Å². The zero-order valence-corrected chi connectivity index (χ0v) is 15.7. The summed E-state index contributed by atoms with van der Waals surface area (Å²) in [6.07, 6.45) is 2.54. The van der Waals surface area contributed by atoms with E-state index in [-0.39, 0.29) is 17.2 Å². The zero-order valence-electron chi connectivity index (χ0n) is 14.8. The van der Waals surface area contributed by atoms with E-state index >= 15 is 0 Å². The molecule has 28 heavy (non-hydrogen) atoms. The second-order valence-electron chi connectivity index (χ2n) is 6.51. The number of carbonyl (C=O) groups excluding carboxylic acids is 1. The van der Waals surface area contributed by atoms with E-state index in [2.05, 4.69) is 21.4 Å². The molecular weight excluding hydrogens is 376 g/mol.